The summed E-state index contributed by atoms with van der Waals surface area (Å²) in [6.07, 6.45) is 1.86. The number of methoxy groups -OCH3 is 3. The van der Waals surface area contributed by atoms with Gasteiger partial charge >= 0.3 is 5.97 Å². The van der Waals surface area contributed by atoms with E-state index in [-0.39, 0.29) is 11.8 Å². The third-order valence-corrected chi connectivity index (χ3v) is 3.80. The lowest BCUT2D eigenvalue weighted by Crippen LogP contribution is -2.45. The molecular formula is C17H21NO4. The summed E-state index contributed by atoms with van der Waals surface area (Å²) < 4.78 is 17.3. The molecule has 0 radical (unpaired) electrons. The van der Waals surface area contributed by atoms with Crippen LogP contribution in [0.1, 0.15) is 29.0 Å². The average Bonchev–Trinajstić information content (AvgIpc) is 3.06. The summed E-state index contributed by atoms with van der Waals surface area (Å²) in [6, 6.07) is 13.5. The maximum absolute atomic E-state index is 12.8. The molecule has 2 aromatic rings. The molecular weight excluding hydrogens is 282 g/mol. The van der Waals surface area contributed by atoms with Gasteiger partial charge in [-0.15, -0.1) is 0 Å². The molecule has 5 heteroatoms. The summed E-state index contributed by atoms with van der Waals surface area (Å²) in [4.78, 5) is 12.8. The van der Waals surface area contributed by atoms with Gasteiger partial charge in [-0.1, -0.05) is 30.3 Å². The lowest BCUT2D eigenvalue weighted by atomic mass is 10.1. The van der Waals surface area contributed by atoms with E-state index in [1.165, 1.54) is 21.3 Å². The number of hydrogen-bond donors (Lipinski definition) is 0. The Morgan fingerprint density at radius 3 is 2.14 bits per heavy atom. The lowest BCUT2D eigenvalue weighted by Gasteiger charge is -2.28. The Kier molecular flexibility index (Phi) is 5.13. The number of rotatable bonds is 7. The molecule has 0 unspecified atom stereocenters. The van der Waals surface area contributed by atoms with Crippen molar-refractivity contribution in [3.8, 4) is 0 Å². The van der Waals surface area contributed by atoms with Crippen LogP contribution >= 0.6 is 0 Å². The molecule has 1 aromatic heterocycles. The molecule has 1 atom stereocenters. The van der Waals surface area contributed by atoms with E-state index in [1.54, 1.807) is 6.07 Å². The zero-order chi connectivity index (χ0) is 16.2. The molecule has 22 heavy (non-hydrogen) atoms. The first kappa shape index (κ1) is 16.4. The SMILES string of the molecule is COC(OC)(OC)C(=O)c1cccn1[C@H](C)c1ccccc1. The Balaban J connectivity index is 2.39. The lowest BCUT2D eigenvalue weighted by molar-refractivity contribution is -0.312. The molecule has 0 aliphatic carbocycles. The zero-order valence-electron chi connectivity index (χ0n) is 13.3. The van der Waals surface area contributed by atoms with Crippen LogP contribution in [0.15, 0.2) is 48.7 Å². The molecule has 0 saturated carbocycles. The minimum absolute atomic E-state index is 0.00146. The van der Waals surface area contributed by atoms with E-state index in [0.717, 1.165) is 5.56 Å². The minimum atomic E-state index is -1.73. The normalized spacial score (nSPS) is 13.1. The number of carbonyl (C=O) groups excluding carboxylic acids is 1. The third-order valence-electron chi connectivity index (χ3n) is 3.80. The summed E-state index contributed by atoms with van der Waals surface area (Å²) in [7, 11) is 4.12. The fourth-order valence-electron chi connectivity index (χ4n) is 2.50. The van der Waals surface area contributed by atoms with E-state index in [4.69, 9.17) is 14.2 Å². The van der Waals surface area contributed by atoms with Gasteiger partial charge in [-0.25, -0.2) is 0 Å². The first-order chi connectivity index (χ1) is 10.6. The van der Waals surface area contributed by atoms with Gasteiger partial charge in [-0.05, 0) is 24.6 Å². The van der Waals surface area contributed by atoms with Crippen LogP contribution in [0.2, 0.25) is 0 Å². The van der Waals surface area contributed by atoms with Crippen molar-refractivity contribution in [1.82, 2.24) is 4.57 Å². The van der Waals surface area contributed by atoms with Crippen molar-refractivity contribution < 1.29 is 19.0 Å². The van der Waals surface area contributed by atoms with Crippen LogP contribution in [-0.2, 0) is 14.2 Å². The summed E-state index contributed by atoms with van der Waals surface area (Å²) in [5.74, 6) is -2.11. The smallest absolute Gasteiger partial charge is 0.338 e. The predicted molar refractivity (Wildman–Crippen MR) is 82.8 cm³/mol. The number of benzene rings is 1. The molecule has 5 nitrogen and oxygen atoms in total. The van der Waals surface area contributed by atoms with Crippen molar-refractivity contribution in [3.05, 3.63) is 59.9 Å². The van der Waals surface area contributed by atoms with Crippen LogP contribution in [0.5, 0.6) is 0 Å². The largest absolute Gasteiger partial charge is 0.352 e. The average molecular weight is 303 g/mol. The van der Waals surface area contributed by atoms with E-state index in [2.05, 4.69) is 0 Å². The fourth-order valence-corrected chi connectivity index (χ4v) is 2.50. The Hall–Kier alpha value is -1.95. The van der Waals surface area contributed by atoms with Crippen molar-refractivity contribution in [3.63, 3.8) is 0 Å². The van der Waals surface area contributed by atoms with Gasteiger partial charge in [0.25, 0.3) is 5.78 Å². The van der Waals surface area contributed by atoms with Gasteiger partial charge < -0.3 is 18.8 Å². The molecule has 0 N–H and O–H groups in total. The Morgan fingerprint density at radius 2 is 1.59 bits per heavy atom. The Bertz CT molecular complexity index is 608. The summed E-state index contributed by atoms with van der Waals surface area (Å²) >= 11 is 0. The van der Waals surface area contributed by atoms with Crippen LogP contribution in [0.4, 0.5) is 0 Å². The molecule has 0 aliphatic rings. The number of ether oxygens (including phenoxy) is 3. The molecule has 0 amide bonds. The first-order valence-corrected chi connectivity index (χ1v) is 7.01. The Morgan fingerprint density at radius 1 is 1.00 bits per heavy atom. The van der Waals surface area contributed by atoms with Gasteiger partial charge in [-0.2, -0.15) is 0 Å². The maximum atomic E-state index is 12.8. The molecule has 0 aliphatic heterocycles. The van der Waals surface area contributed by atoms with E-state index in [9.17, 15) is 4.79 Å². The van der Waals surface area contributed by atoms with Gasteiger partial charge in [0, 0.05) is 27.5 Å². The van der Waals surface area contributed by atoms with Crippen molar-refractivity contribution in [2.45, 2.75) is 18.9 Å². The summed E-state index contributed by atoms with van der Waals surface area (Å²) in [5.41, 5.74) is 1.56. The monoisotopic (exact) mass is 303 g/mol. The van der Waals surface area contributed by atoms with Crippen LogP contribution < -0.4 is 0 Å². The Labute approximate surface area is 130 Å². The highest BCUT2D eigenvalue weighted by atomic mass is 16.9. The van der Waals surface area contributed by atoms with Gasteiger partial charge in [0.1, 0.15) is 0 Å². The molecule has 118 valence electrons. The highest BCUT2D eigenvalue weighted by Crippen LogP contribution is 2.25. The molecule has 0 fully saturated rings. The number of ketones is 1. The van der Waals surface area contributed by atoms with Gasteiger partial charge in [0.05, 0.1) is 11.7 Å². The fraction of sp³-hybridized carbons (Fsp3) is 0.353. The second kappa shape index (κ2) is 6.87. The van der Waals surface area contributed by atoms with Crippen LogP contribution in [-0.4, -0.2) is 37.7 Å². The van der Waals surface area contributed by atoms with E-state index in [0.29, 0.717) is 5.69 Å². The van der Waals surface area contributed by atoms with Crippen molar-refractivity contribution in [1.29, 1.82) is 0 Å². The van der Waals surface area contributed by atoms with Gasteiger partial charge in [0.15, 0.2) is 0 Å². The van der Waals surface area contributed by atoms with E-state index >= 15 is 0 Å². The van der Waals surface area contributed by atoms with Crippen LogP contribution in [0.3, 0.4) is 0 Å². The summed E-state index contributed by atoms with van der Waals surface area (Å²) in [6.45, 7) is 2.03. The van der Waals surface area contributed by atoms with E-state index in [1.807, 2.05) is 54.1 Å². The van der Waals surface area contributed by atoms with Crippen molar-refractivity contribution in [2.75, 3.05) is 21.3 Å². The number of carbonyl (C=O) groups is 1. The molecule has 1 heterocycles. The van der Waals surface area contributed by atoms with Crippen LogP contribution in [0, 0.1) is 0 Å². The van der Waals surface area contributed by atoms with Gasteiger partial charge in [-0.3, -0.25) is 4.79 Å². The number of hydrogen-bond acceptors (Lipinski definition) is 4. The second-order valence-electron chi connectivity index (χ2n) is 4.89. The van der Waals surface area contributed by atoms with Crippen molar-refractivity contribution >= 4 is 5.78 Å². The molecule has 1 aromatic carbocycles. The minimum Gasteiger partial charge on any atom is -0.338 e. The predicted octanol–water partition coefficient (Wildman–Crippen LogP) is 2.87. The highest BCUT2D eigenvalue weighted by molar-refractivity contribution is 5.99. The summed E-state index contributed by atoms with van der Waals surface area (Å²) in [5, 5.41) is 0. The topological polar surface area (TPSA) is 49.7 Å². The zero-order valence-corrected chi connectivity index (χ0v) is 13.3. The highest BCUT2D eigenvalue weighted by Gasteiger charge is 2.42. The first-order valence-electron chi connectivity index (χ1n) is 7.01. The quantitative estimate of drug-likeness (QED) is 0.583. The van der Waals surface area contributed by atoms with Crippen molar-refractivity contribution in [2.24, 2.45) is 0 Å². The number of aromatic nitrogens is 1. The molecule has 2 rings (SSSR count). The maximum Gasteiger partial charge on any atom is 0.352 e. The van der Waals surface area contributed by atoms with Gasteiger partial charge in [0.2, 0.25) is 0 Å². The molecule has 0 spiro atoms. The molecule has 0 bridgehead atoms. The number of nitrogens with zero attached hydrogens (tertiary/aromatic N) is 1. The van der Waals surface area contributed by atoms with Crippen LogP contribution in [0.25, 0.3) is 0 Å². The van der Waals surface area contributed by atoms with E-state index < -0.39 is 5.97 Å². The second-order valence-corrected chi connectivity index (χ2v) is 4.89. The molecule has 0 saturated heterocycles. The number of Topliss-reactive ketones (excluding diaryl/α,β-unsaturated/α-hetero) is 1. The third kappa shape index (κ3) is 2.83. The standard InChI is InChI=1S/C17H21NO4/c1-13(14-9-6-5-7-10-14)18-12-8-11-15(18)16(19)17(20-2,21-3)22-4/h5-13H,1-4H3/t13-/m1/s1.